The molecule has 0 atom stereocenters. The smallest absolute Gasteiger partial charge is 0.310 e. The van der Waals surface area contributed by atoms with Crippen LogP contribution in [-0.2, 0) is 13.6 Å². The first-order chi connectivity index (χ1) is 11.1. The molecule has 0 radical (unpaired) electrons. The lowest BCUT2D eigenvalue weighted by Gasteiger charge is -1.94. The molecule has 3 aromatic heterocycles. The van der Waals surface area contributed by atoms with Gasteiger partial charge in [0.05, 0.1) is 11.1 Å². The molecule has 9 nitrogen and oxygen atoms in total. The van der Waals surface area contributed by atoms with Crippen molar-refractivity contribution in [2.45, 2.75) is 25.3 Å². The van der Waals surface area contributed by atoms with Crippen LogP contribution in [0.25, 0.3) is 11.3 Å². The Morgan fingerprint density at radius 1 is 1.43 bits per heavy atom. The van der Waals surface area contributed by atoms with E-state index in [9.17, 15) is 10.1 Å². The fourth-order valence-corrected chi connectivity index (χ4v) is 2.53. The standard InChI is InChI=1S/C14H14N6O3/c1-18-6-10(5-15-18)12-4-11(23-17-12)7-19-8-13(20(21)22)14(16-19)9-2-3-9/h4-6,8-9H,2-3,7H2,1H3. The Kier molecular flexibility index (Phi) is 3.00. The van der Waals surface area contributed by atoms with E-state index >= 15 is 0 Å². The highest BCUT2D eigenvalue weighted by Gasteiger charge is 2.34. The van der Waals surface area contributed by atoms with E-state index in [2.05, 4.69) is 15.4 Å². The summed E-state index contributed by atoms with van der Waals surface area (Å²) in [4.78, 5) is 10.7. The quantitative estimate of drug-likeness (QED) is 0.527. The lowest BCUT2D eigenvalue weighted by Crippen LogP contribution is -1.99. The number of hydrogen-bond acceptors (Lipinski definition) is 6. The van der Waals surface area contributed by atoms with Gasteiger partial charge in [-0.15, -0.1) is 0 Å². The van der Waals surface area contributed by atoms with Gasteiger partial charge in [0, 0.05) is 30.8 Å². The summed E-state index contributed by atoms with van der Waals surface area (Å²) >= 11 is 0. The van der Waals surface area contributed by atoms with Crippen LogP contribution in [0.15, 0.2) is 29.2 Å². The summed E-state index contributed by atoms with van der Waals surface area (Å²) in [5, 5.41) is 23.6. The number of nitrogens with zero attached hydrogens (tertiary/aromatic N) is 6. The minimum absolute atomic E-state index is 0.0829. The van der Waals surface area contributed by atoms with E-state index in [1.165, 1.54) is 6.20 Å². The van der Waals surface area contributed by atoms with Crippen molar-refractivity contribution in [1.82, 2.24) is 24.7 Å². The Morgan fingerprint density at radius 2 is 2.26 bits per heavy atom. The molecule has 9 heteroatoms. The predicted octanol–water partition coefficient (Wildman–Crippen LogP) is 2.11. The summed E-state index contributed by atoms with van der Waals surface area (Å²) in [5.41, 5.74) is 2.19. The van der Waals surface area contributed by atoms with E-state index in [1.54, 1.807) is 21.6 Å². The van der Waals surface area contributed by atoms with Crippen LogP contribution in [0.3, 0.4) is 0 Å². The Balaban J connectivity index is 1.57. The average molecular weight is 314 g/mol. The Bertz CT molecular complexity index is 873. The van der Waals surface area contributed by atoms with Crippen molar-refractivity contribution < 1.29 is 9.45 Å². The fourth-order valence-electron chi connectivity index (χ4n) is 2.53. The first-order valence-corrected chi connectivity index (χ1v) is 7.26. The molecule has 23 heavy (non-hydrogen) atoms. The van der Waals surface area contributed by atoms with Crippen LogP contribution in [0.5, 0.6) is 0 Å². The van der Waals surface area contributed by atoms with Crippen molar-refractivity contribution in [3.8, 4) is 11.3 Å². The number of rotatable bonds is 5. The Hall–Kier alpha value is -2.97. The van der Waals surface area contributed by atoms with Crippen LogP contribution in [0.1, 0.15) is 30.2 Å². The number of aryl methyl sites for hydroxylation is 1. The van der Waals surface area contributed by atoms with E-state index in [1.807, 2.05) is 13.2 Å². The molecule has 118 valence electrons. The zero-order valence-corrected chi connectivity index (χ0v) is 12.4. The normalized spacial score (nSPS) is 14.3. The van der Waals surface area contributed by atoms with Crippen LogP contribution in [0.2, 0.25) is 0 Å². The summed E-state index contributed by atoms with van der Waals surface area (Å²) < 4.78 is 8.52. The van der Waals surface area contributed by atoms with Gasteiger partial charge in [-0.25, -0.2) is 0 Å². The number of aromatic nitrogens is 5. The Labute approximate surface area is 130 Å². The second-order valence-corrected chi connectivity index (χ2v) is 5.71. The molecule has 0 aliphatic heterocycles. The second kappa shape index (κ2) is 5.04. The van der Waals surface area contributed by atoms with Gasteiger partial charge in [-0.05, 0) is 12.8 Å². The molecule has 1 fully saturated rings. The van der Waals surface area contributed by atoms with Gasteiger partial charge in [-0.1, -0.05) is 5.16 Å². The highest BCUT2D eigenvalue weighted by Crippen LogP contribution is 2.43. The van der Waals surface area contributed by atoms with Gasteiger partial charge in [0.25, 0.3) is 0 Å². The maximum atomic E-state index is 11.1. The van der Waals surface area contributed by atoms with E-state index in [-0.39, 0.29) is 16.5 Å². The zero-order valence-electron chi connectivity index (χ0n) is 12.4. The van der Waals surface area contributed by atoms with Crippen LogP contribution in [0, 0.1) is 10.1 Å². The van der Waals surface area contributed by atoms with E-state index in [0.717, 1.165) is 18.4 Å². The van der Waals surface area contributed by atoms with Crippen molar-refractivity contribution in [3.63, 3.8) is 0 Å². The Morgan fingerprint density at radius 3 is 2.91 bits per heavy atom. The van der Waals surface area contributed by atoms with Crippen molar-refractivity contribution >= 4 is 5.69 Å². The second-order valence-electron chi connectivity index (χ2n) is 5.71. The topological polar surface area (TPSA) is 105 Å². The van der Waals surface area contributed by atoms with E-state index in [4.69, 9.17) is 4.52 Å². The molecule has 0 spiro atoms. The summed E-state index contributed by atoms with van der Waals surface area (Å²) in [7, 11) is 1.83. The van der Waals surface area contributed by atoms with Gasteiger partial charge in [0.15, 0.2) is 5.76 Å². The van der Waals surface area contributed by atoms with Crippen molar-refractivity contribution in [3.05, 3.63) is 46.2 Å². The van der Waals surface area contributed by atoms with Crippen LogP contribution in [-0.4, -0.2) is 29.6 Å². The third-order valence-corrected chi connectivity index (χ3v) is 3.81. The molecule has 0 N–H and O–H groups in total. The molecule has 1 aliphatic carbocycles. The summed E-state index contributed by atoms with van der Waals surface area (Å²) in [5.74, 6) is 0.806. The molecule has 4 rings (SSSR count). The molecule has 0 unspecified atom stereocenters. The molecule has 0 saturated heterocycles. The molecule has 3 heterocycles. The van der Waals surface area contributed by atoms with Gasteiger partial charge < -0.3 is 4.52 Å². The van der Waals surface area contributed by atoms with Gasteiger partial charge in [-0.3, -0.25) is 19.5 Å². The third kappa shape index (κ3) is 2.60. The SMILES string of the molecule is Cn1cc(-c2cc(Cn3cc([N+](=O)[O-])c(C4CC4)n3)on2)cn1. The van der Waals surface area contributed by atoms with Gasteiger partial charge in [0.2, 0.25) is 0 Å². The molecular formula is C14H14N6O3. The minimum atomic E-state index is -0.376. The lowest BCUT2D eigenvalue weighted by molar-refractivity contribution is -0.385. The van der Waals surface area contributed by atoms with E-state index < -0.39 is 0 Å². The number of nitro groups is 1. The molecule has 0 amide bonds. The lowest BCUT2D eigenvalue weighted by atomic mass is 10.2. The molecule has 0 aromatic carbocycles. The zero-order chi connectivity index (χ0) is 16.0. The summed E-state index contributed by atoms with van der Waals surface area (Å²) in [6.45, 7) is 0.306. The first-order valence-electron chi connectivity index (χ1n) is 7.26. The molecular weight excluding hydrogens is 300 g/mol. The summed E-state index contributed by atoms with van der Waals surface area (Å²) in [6, 6.07) is 1.79. The van der Waals surface area contributed by atoms with Crippen molar-refractivity contribution in [1.29, 1.82) is 0 Å². The predicted molar refractivity (Wildman–Crippen MR) is 78.7 cm³/mol. The third-order valence-electron chi connectivity index (χ3n) is 3.81. The largest absolute Gasteiger partial charge is 0.359 e. The fraction of sp³-hybridized carbons (Fsp3) is 0.357. The van der Waals surface area contributed by atoms with Gasteiger partial charge >= 0.3 is 5.69 Å². The minimum Gasteiger partial charge on any atom is -0.359 e. The van der Waals surface area contributed by atoms with Crippen LogP contribution in [0.4, 0.5) is 5.69 Å². The average Bonchev–Trinajstić information content (AvgIpc) is 2.93. The molecule has 0 bridgehead atoms. The molecule has 3 aromatic rings. The van der Waals surface area contributed by atoms with Gasteiger partial charge in [-0.2, -0.15) is 10.2 Å². The highest BCUT2D eigenvalue weighted by molar-refractivity contribution is 5.56. The highest BCUT2D eigenvalue weighted by atomic mass is 16.6. The summed E-state index contributed by atoms with van der Waals surface area (Å²) in [6.07, 6.45) is 6.92. The van der Waals surface area contributed by atoms with Crippen LogP contribution >= 0.6 is 0 Å². The maximum Gasteiger partial charge on any atom is 0.310 e. The molecule has 1 aliphatic rings. The number of hydrogen-bond donors (Lipinski definition) is 0. The first kappa shape index (κ1) is 13.7. The van der Waals surface area contributed by atoms with Crippen molar-refractivity contribution in [2.75, 3.05) is 0 Å². The van der Waals surface area contributed by atoms with E-state index in [0.29, 0.717) is 23.7 Å². The maximum absolute atomic E-state index is 11.1. The van der Waals surface area contributed by atoms with Crippen molar-refractivity contribution in [2.24, 2.45) is 7.05 Å². The monoisotopic (exact) mass is 314 g/mol. The van der Waals surface area contributed by atoms with Crippen LogP contribution < -0.4 is 0 Å². The van der Waals surface area contributed by atoms with Gasteiger partial charge in [0.1, 0.15) is 24.1 Å². The molecule has 1 saturated carbocycles.